The normalized spacial score (nSPS) is 13.1. The molecule has 3 aromatic carbocycles. The zero-order chi connectivity index (χ0) is 29.9. The third-order valence-corrected chi connectivity index (χ3v) is 6.80. The lowest BCUT2D eigenvalue weighted by Crippen LogP contribution is -2.37. The number of anilines is 4. The van der Waals surface area contributed by atoms with Crippen molar-refractivity contribution >= 4 is 45.7 Å². The maximum atomic E-state index is 15.2. The minimum atomic E-state index is -0.678. The van der Waals surface area contributed by atoms with Gasteiger partial charge in [0.05, 0.1) is 36.2 Å². The third kappa shape index (κ3) is 6.14. The number of halogens is 2. The summed E-state index contributed by atoms with van der Waals surface area (Å²) in [6.07, 6.45) is 1.49. The number of urea groups is 1. The number of furan rings is 1. The van der Waals surface area contributed by atoms with Crippen LogP contribution in [0.1, 0.15) is 6.92 Å². The van der Waals surface area contributed by atoms with Gasteiger partial charge >= 0.3 is 6.03 Å². The van der Waals surface area contributed by atoms with Crippen LogP contribution in [-0.4, -0.2) is 48.2 Å². The first-order valence-electron chi connectivity index (χ1n) is 13.5. The number of nitrogens with one attached hydrogen (secondary N) is 3. The maximum absolute atomic E-state index is 15.2. The van der Waals surface area contributed by atoms with Crippen molar-refractivity contribution < 1.29 is 27.5 Å². The summed E-state index contributed by atoms with van der Waals surface area (Å²) in [4.78, 5) is 35.3. The van der Waals surface area contributed by atoms with E-state index in [4.69, 9.17) is 19.1 Å². The van der Waals surface area contributed by atoms with Crippen LogP contribution in [0.5, 0.6) is 0 Å². The van der Waals surface area contributed by atoms with E-state index < -0.39 is 23.6 Å². The molecule has 0 aliphatic carbocycles. The van der Waals surface area contributed by atoms with Crippen LogP contribution in [0.15, 0.2) is 77.4 Å². The van der Waals surface area contributed by atoms with Gasteiger partial charge in [0.1, 0.15) is 23.2 Å². The number of carbonyl (C=O) groups is 2. The molecule has 0 saturated carbocycles. The first-order valence-corrected chi connectivity index (χ1v) is 13.5. The monoisotopic (exact) mass is 584 g/mol. The highest BCUT2D eigenvalue weighted by Gasteiger charge is 2.21. The predicted molar refractivity (Wildman–Crippen MR) is 159 cm³/mol. The van der Waals surface area contributed by atoms with Gasteiger partial charge in [-0.15, -0.1) is 0 Å². The van der Waals surface area contributed by atoms with E-state index >= 15 is 4.39 Å². The van der Waals surface area contributed by atoms with Gasteiger partial charge in [0.25, 0.3) is 0 Å². The largest absolute Gasteiger partial charge is 0.464 e. The van der Waals surface area contributed by atoms with Crippen molar-refractivity contribution in [3.63, 3.8) is 0 Å². The first-order chi connectivity index (χ1) is 20.8. The zero-order valence-electron chi connectivity index (χ0n) is 23.0. The Morgan fingerprint density at radius 3 is 2.30 bits per heavy atom. The molecule has 1 aliphatic rings. The van der Waals surface area contributed by atoms with Crippen LogP contribution in [0.4, 0.5) is 36.5 Å². The van der Waals surface area contributed by atoms with Gasteiger partial charge < -0.3 is 30.0 Å². The van der Waals surface area contributed by atoms with Gasteiger partial charge in [0.2, 0.25) is 5.91 Å². The van der Waals surface area contributed by atoms with Crippen molar-refractivity contribution in [3.8, 4) is 22.7 Å². The Labute approximate surface area is 244 Å². The fraction of sp³-hybridized carbons (Fsp3) is 0.161. The summed E-state index contributed by atoms with van der Waals surface area (Å²) < 4.78 is 40.3. The minimum Gasteiger partial charge on any atom is -0.464 e. The van der Waals surface area contributed by atoms with Gasteiger partial charge in [-0.05, 0) is 66.7 Å². The lowest BCUT2D eigenvalue weighted by Gasteiger charge is -2.29. The first kappa shape index (κ1) is 27.8. The number of aromatic nitrogens is 2. The van der Waals surface area contributed by atoms with E-state index in [-0.39, 0.29) is 11.4 Å². The Kier molecular flexibility index (Phi) is 7.67. The number of hydrogen-bond acceptors (Lipinski definition) is 7. The molecular weight excluding hydrogens is 558 g/mol. The standard InChI is InChI=1S/C31H26F2N6O4/c1-18(40)34-26-9-8-21(15-25(26)33)36-31(41)35-20-6-4-19(5-7-20)29-37-27-17-22(28-3-2-12-43-28)24(32)16-23(27)30(38-29)39-10-13-42-14-11-39/h2-9,12,15-17H,10-11,13-14H2,1H3,(H,34,40)(H2,35,36,41). The highest BCUT2D eigenvalue weighted by atomic mass is 19.1. The molecule has 1 saturated heterocycles. The number of ether oxygens (including phenoxy) is 1. The molecule has 2 aromatic heterocycles. The van der Waals surface area contributed by atoms with Gasteiger partial charge in [-0.3, -0.25) is 4.79 Å². The number of fused-ring (bicyclic) bond motifs is 1. The number of hydrogen-bond donors (Lipinski definition) is 3. The van der Waals surface area contributed by atoms with Crippen molar-refractivity contribution in [2.45, 2.75) is 6.92 Å². The van der Waals surface area contributed by atoms with Crippen LogP contribution >= 0.6 is 0 Å². The second-order valence-corrected chi connectivity index (χ2v) is 9.83. The van der Waals surface area contributed by atoms with E-state index in [9.17, 15) is 14.0 Å². The van der Waals surface area contributed by atoms with Crippen molar-refractivity contribution in [1.82, 2.24) is 9.97 Å². The van der Waals surface area contributed by atoms with Crippen LogP contribution < -0.4 is 20.9 Å². The smallest absolute Gasteiger partial charge is 0.323 e. The quantitative estimate of drug-likeness (QED) is 0.215. The molecule has 1 aliphatic heterocycles. The predicted octanol–water partition coefficient (Wildman–Crippen LogP) is 6.27. The fourth-order valence-corrected chi connectivity index (χ4v) is 4.78. The van der Waals surface area contributed by atoms with E-state index in [0.717, 1.165) is 6.07 Å². The minimum absolute atomic E-state index is 0.0176. The summed E-state index contributed by atoms with van der Waals surface area (Å²) in [5, 5.41) is 8.21. The number of morpholine rings is 1. The Morgan fingerprint density at radius 1 is 0.860 bits per heavy atom. The summed E-state index contributed by atoms with van der Waals surface area (Å²) in [5.41, 5.74) is 2.24. The van der Waals surface area contributed by atoms with Crippen LogP contribution in [0.25, 0.3) is 33.6 Å². The Bertz CT molecular complexity index is 1810. The van der Waals surface area contributed by atoms with E-state index in [1.807, 2.05) is 0 Å². The van der Waals surface area contributed by atoms with Gasteiger partial charge in [-0.25, -0.2) is 23.5 Å². The maximum Gasteiger partial charge on any atom is 0.323 e. The molecule has 6 rings (SSSR count). The molecule has 12 heteroatoms. The topological polar surface area (TPSA) is 122 Å². The zero-order valence-corrected chi connectivity index (χ0v) is 23.0. The Morgan fingerprint density at radius 2 is 1.60 bits per heavy atom. The van der Waals surface area contributed by atoms with Crippen molar-refractivity contribution in [1.29, 1.82) is 0 Å². The van der Waals surface area contributed by atoms with Crippen molar-refractivity contribution in [2.24, 2.45) is 0 Å². The highest BCUT2D eigenvalue weighted by Crippen LogP contribution is 2.34. The number of rotatable bonds is 6. The van der Waals surface area contributed by atoms with Crippen LogP contribution in [0, 0.1) is 11.6 Å². The second-order valence-electron chi connectivity index (χ2n) is 9.83. The van der Waals surface area contributed by atoms with Crippen molar-refractivity contribution in [3.05, 3.63) is 84.6 Å². The molecular formula is C31H26F2N6O4. The molecule has 218 valence electrons. The third-order valence-electron chi connectivity index (χ3n) is 6.80. The summed E-state index contributed by atoms with van der Waals surface area (Å²) >= 11 is 0. The molecule has 43 heavy (non-hydrogen) atoms. The lowest BCUT2D eigenvalue weighted by atomic mass is 10.1. The average Bonchev–Trinajstić information content (AvgIpc) is 3.53. The SMILES string of the molecule is CC(=O)Nc1ccc(NC(=O)Nc2ccc(-c3nc(N4CCOCC4)c4cc(F)c(-c5ccco5)cc4n3)cc2)cc1F. The van der Waals surface area contributed by atoms with Crippen LogP contribution in [0.3, 0.4) is 0 Å². The molecule has 0 atom stereocenters. The van der Waals surface area contributed by atoms with Gasteiger partial charge in [0.15, 0.2) is 5.82 Å². The average molecular weight is 585 g/mol. The van der Waals surface area contributed by atoms with Gasteiger partial charge in [-0.2, -0.15) is 0 Å². The molecule has 0 spiro atoms. The van der Waals surface area contributed by atoms with Crippen molar-refractivity contribution in [2.75, 3.05) is 47.2 Å². The summed E-state index contributed by atoms with van der Waals surface area (Å²) in [6.45, 7) is 3.54. The Balaban J connectivity index is 1.25. The molecule has 0 unspecified atom stereocenters. The van der Waals surface area contributed by atoms with Gasteiger partial charge in [0, 0.05) is 42.3 Å². The molecule has 0 radical (unpaired) electrons. The van der Waals surface area contributed by atoms with E-state index in [2.05, 4.69) is 20.9 Å². The summed E-state index contributed by atoms with van der Waals surface area (Å²) in [7, 11) is 0. The second kappa shape index (κ2) is 11.9. The molecule has 5 aromatic rings. The fourth-order valence-electron chi connectivity index (χ4n) is 4.78. The van der Waals surface area contributed by atoms with Gasteiger partial charge in [-0.1, -0.05) is 0 Å². The summed E-state index contributed by atoms with van der Waals surface area (Å²) in [6, 6.07) is 16.8. The van der Waals surface area contributed by atoms with E-state index in [1.165, 1.54) is 31.4 Å². The molecule has 0 bridgehead atoms. The van der Waals surface area contributed by atoms with Crippen LogP contribution in [0.2, 0.25) is 0 Å². The number of carbonyl (C=O) groups excluding carboxylic acids is 2. The molecule has 10 nitrogen and oxygen atoms in total. The molecule has 3 heterocycles. The van der Waals surface area contributed by atoms with Crippen LogP contribution in [-0.2, 0) is 9.53 Å². The highest BCUT2D eigenvalue weighted by molar-refractivity contribution is 6.00. The molecule has 1 fully saturated rings. The van der Waals surface area contributed by atoms with E-state index in [0.29, 0.717) is 71.4 Å². The van der Waals surface area contributed by atoms with E-state index in [1.54, 1.807) is 42.5 Å². The Hall–Kier alpha value is -5.36. The number of benzene rings is 3. The number of amides is 3. The number of nitrogens with zero attached hydrogens (tertiary/aromatic N) is 3. The summed E-state index contributed by atoms with van der Waals surface area (Å²) in [5.74, 6) is -0.0905. The lowest BCUT2D eigenvalue weighted by molar-refractivity contribution is -0.114. The molecule has 3 N–H and O–H groups in total. The molecule has 3 amide bonds.